The van der Waals surface area contributed by atoms with E-state index < -0.39 is 23.7 Å². The minimum absolute atomic E-state index is 0.319. The molecule has 7 nitrogen and oxygen atoms in total. The predicted molar refractivity (Wildman–Crippen MR) is 155 cm³/mol. The van der Waals surface area contributed by atoms with Crippen molar-refractivity contribution in [1.82, 2.24) is 10.3 Å². The number of hydrogen-bond donors (Lipinski definition) is 2. The number of methoxy groups -OCH3 is 1. The number of nitrogens with one attached hydrogen (secondary N) is 1. The van der Waals surface area contributed by atoms with Gasteiger partial charge in [0.15, 0.2) is 0 Å². The predicted octanol–water partition coefficient (Wildman–Crippen LogP) is 5.61. The van der Waals surface area contributed by atoms with Crippen molar-refractivity contribution in [2.45, 2.75) is 68.9 Å². The summed E-state index contributed by atoms with van der Waals surface area (Å²) in [6.07, 6.45) is 2.72. The van der Waals surface area contributed by atoms with Crippen molar-refractivity contribution in [3.63, 3.8) is 0 Å². The van der Waals surface area contributed by atoms with Crippen LogP contribution in [0.1, 0.15) is 62.2 Å². The highest BCUT2D eigenvalue weighted by atomic mass is 32.2. The van der Waals surface area contributed by atoms with E-state index in [0.717, 1.165) is 21.6 Å². The van der Waals surface area contributed by atoms with Crippen molar-refractivity contribution in [3.05, 3.63) is 83.7 Å². The van der Waals surface area contributed by atoms with Gasteiger partial charge in [-0.1, -0.05) is 50.2 Å². The molecule has 0 saturated carbocycles. The standard InChI is InChI=1S/C31H38N2O5S/c1-20(2)39-26-18-23(13-14-25(26)29(35)37-6)22-11-9-21(10-12-22)15-17-33-27(30(36)38-31(3,4)5)28(34)24-8-7-16-32-19-24/h7-14,16,18-20,27-28,33-34H,15,17H2,1-6H3/t27?,28-/m1/s1. The number of esters is 2. The SMILES string of the molecule is COC(=O)c1ccc(-c2ccc(CCNC(C(=O)OC(C)(C)C)[C@H](O)c3cccnc3)cc2)cc1SC(C)C. The first-order valence-corrected chi connectivity index (χ1v) is 13.9. The van der Waals surface area contributed by atoms with Gasteiger partial charge >= 0.3 is 11.9 Å². The molecule has 2 atom stereocenters. The summed E-state index contributed by atoms with van der Waals surface area (Å²) in [5.41, 5.74) is 3.55. The Morgan fingerprint density at radius 3 is 2.33 bits per heavy atom. The van der Waals surface area contributed by atoms with Crippen LogP contribution in [0.3, 0.4) is 0 Å². The number of nitrogens with zero attached hydrogens (tertiary/aromatic N) is 1. The molecule has 0 aliphatic rings. The van der Waals surface area contributed by atoms with E-state index in [1.54, 1.807) is 57.1 Å². The zero-order valence-electron chi connectivity index (χ0n) is 23.4. The molecule has 2 N–H and O–H groups in total. The maximum absolute atomic E-state index is 12.9. The van der Waals surface area contributed by atoms with Gasteiger partial charge in [-0.15, -0.1) is 11.8 Å². The van der Waals surface area contributed by atoms with Gasteiger partial charge in [-0.2, -0.15) is 0 Å². The molecule has 39 heavy (non-hydrogen) atoms. The van der Waals surface area contributed by atoms with E-state index in [1.165, 1.54) is 7.11 Å². The Bertz CT molecular complexity index is 1240. The number of carbonyl (C=O) groups excluding carboxylic acids is 2. The van der Waals surface area contributed by atoms with Gasteiger partial charge in [-0.25, -0.2) is 4.79 Å². The van der Waals surface area contributed by atoms with Crippen LogP contribution in [-0.4, -0.2) is 52.6 Å². The van der Waals surface area contributed by atoms with E-state index in [1.807, 2.05) is 42.5 Å². The van der Waals surface area contributed by atoms with Crippen LogP contribution >= 0.6 is 11.8 Å². The molecule has 0 bridgehead atoms. The van der Waals surface area contributed by atoms with E-state index in [4.69, 9.17) is 9.47 Å². The second-order valence-corrected chi connectivity index (χ2v) is 12.1. The minimum atomic E-state index is -1.10. The molecule has 8 heteroatoms. The third-order valence-electron chi connectivity index (χ3n) is 5.82. The second-order valence-electron chi connectivity index (χ2n) is 10.5. The molecule has 0 aliphatic carbocycles. The third kappa shape index (κ3) is 8.92. The number of pyridine rings is 1. The molecular weight excluding hydrogens is 512 g/mol. The van der Waals surface area contributed by atoms with Crippen LogP contribution in [-0.2, 0) is 20.7 Å². The fraction of sp³-hybridized carbons (Fsp3) is 0.387. The monoisotopic (exact) mass is 550 g/mol. The molecule has 0 fully saturated rings. The van der Waals surface area contributed by atoms with Crippen LogP contribution in [0.4, 0.5) is 0 Å². The third-order valence-corrected chi connectivity index (χ3v) is 6.88. The summed E-state index contributed by atoms with van der Waals surface area (Å²) in [7, 11) is 1.39. The molecule has 1 unspecified atom stereocenters. The molecule has 0 saturated heterocycles. The Balaban J connectivity index is 1.71. The lowest BCUT2D eigenvalue weighted by Crippen LogP contribution is -2.46. The number of carbonyl (C=O) groups is 2. The molecule has 1 aromatic heterocycles. The number of aliphatic hydroxyl groups excluding tert-OH is 1. The molecule has 3 rings (SSSR count). The maximum Gasteiger partial charge on any atom is 0.338 e. The smallest absolute Gasteiger partial charge is 0.338 e. The normalized spacial score (nSPS) is 13.1. The largest absolute Gasteiger partial charge is 0.465 e. The molecule has 1 heterocycles. The molecule has 2 aromatic carbocycles. The number of thioether (sulfide) groups is 1. The highest BCUT2D eigenvalue weighted by Gasteiger charge is 2.32. The highest BCUT2D eigenvalue weighted by molar-refractivity contribution is 8.00. The fourth-order valence-corrected chi connectivity index (χ4v) is 4.98. The summed E-state index contributed by atoms with van der Waals surface area (Å²) in [6.45, 7) is 10.0. The molecule has 0 amide bonds. The maximum atomic E-state index is 12.9. The number of rotatable bonds is 11. The van der Waals surface area contributed by atoms with Crippen molar-refractivity contribution in [1.29, 1.82) is 0 Å². The number of aliphatic hydroxyl groups is 1. The van der Waals surface area contributed by atoms with Crippen molar-refractivity contribution in [2.75, 3.05) is 13.7 Å². The van der Waals surface area contributed by atoms with Crippen molar-refractivity contribution in [2.24, 2.45) is 0 Å². The van der Waals surface area contributed by atoms with Gasteiger partial charge in [0.05, 0.1) is 12.7 Å². The van der Waals surface area contributed by atoms with Gasteiger partial charge in [0.2, 0.25) is 0 Å². The number of hydrogen-bond acceptors (Lipinski definition) is 8. The van der Waals surface area contributed by atoms with Gasteiger partial charge in [0.25, 0.3) is 0 Å². The molecular formula is C31H38N2O5S. The van der Waals surface area contributed by atoms with Gasteiger partial charge < -0.3 is 19.9 Å². The minimum Gasteiger partial charge on any atom is -0.465 e. The number of aromatic nitrogens is 1. The highest BCUT2D eigenvalue weighted by Crippen LogP contribution is 2.32. The summed E-state index contributed by atoms with van der Waals surface area (Å²) in [5.74, 6) is -0.856. The van der Waals surface area contributed by atoms with Crippen molar-refractivity contribution in [3.8, 4) is 11.1 Å². The summed E-state index contributed by atoms with van der Waals surface area (Å²) in [6, 6.07) is 16.5. The average molecular weight is 551 g/mol. The van der Waals surface area contributed by atoms with E-state index in [2.05, 4.69) is 24.1 Å². The zero-order chi connectivity index (χ0) is 28.6. The molecule has 208 valence electrons. The molecule has 3 aromatic rings. The first kappa shape index (κ1) is 30.3. The van der Waals surface area contributed by atoms with Gasteiger partial charge in [0, 0.05) is 34.6 Å². The first-order chi connectivity index (χ1) is 18.5. The van der Waals surface area contributed by atoms with Crippen LogP contribution in [0.2, 0.25) is 0 Å². The van der Waals surface area contributed by atoms with Gasteiger partial charge in [-0.3, -0.25) is 9.78 Å². The van der Waals surface area contributed by atoms with Crippen LogP contribution in [0.5, 0.6) is 0 Å². The number of benzene rings is 2. The Hall–Kier alpha value is -3.20. The van der Waals surface area contributed by atoms with E-state index in [0.29, 0.717) is 29.3 Å². The quantitative estimate of drug-likeness (QED) is 0.235. The summed E-state index contributed by atoms with van der Waals surface area (Å²) < 4.78 is 10.5. The summed E-state index contributed by atoms with van der Waals surface area (Å²) >= 11 is 1.63. The lowest BCUT2D eigenvalue weighted by atomic mass is 10.0. The van der Waals surface area contributed by atoms with Crippen molar-refractivity contribution < 1.29 is 24.2 Å². The summed E-state index contributed by atoms with van der Waals surface area (Å²) in [4.78, 5) is 30.0. The lowest BCUT2D eigenvalue weighted by Gasteiger charge is -2.27. The van der Waals surface area contributed by atoms with Crippen molar-refractivity contribution >= 4 is 23.7 Å². The first-order valence-electron chi connectivity index (χ1n) is 13.0. The second kappa shape index (κ2) is 13.7. The zero-order valence-corrected chi connectivity index (χ0v) is 24.2. The Morgan fingerprint density at radius 2 is 1.74 bits per heavy atom. The lowest BCUT2D eigenvalue weighted by molar-refractivity contribution is -0.160. The molecule has 0 aliphatic heterocycles. The fourth-order valence-electron chi connectivity index (χ4n) is 4.00. The van der Waals surface area contributed by atoms with Crippen LogP contribution in [0, 0.1) is 0 Å². The summed E-state index contributed by atoms with van der Waals surface area (Å²) in [5, 5.41) is 14.4. The van der Waals surface area contributed by atoms with Gasteiger partial charge in [-0.05, 0) is 62.1 Å². The Labute approximate surface area is 235 Å². The van der Waals surface area contributed by atoms with Crippen LogP contribution in [0.15, 0.2) is 71.9 Å². The topological polar surface area (TPSA) is 97.8 Å². The molecule has 0 radical (unpaired) electrons. The van der Waals surface area contributed by atoms with E-state index in [-0.39, 0.29) is 5.97 Å². The van der Waals surface area contributed by atoms with Crippen LogP contribution < -0.4 is 5.32 Å². The van der Waals surface area contributed by atoms with Gasteiger partial charge in [0.1, 0.15) is 17.7 Å². The number of ether oxygens (including phenoxy) is 2. The van der Waals surface area contributed by atoms with E-state index in [9.17, 15) is 14.7 Å². The molecule has 0 spiro atoms. The van der Waals surface area contributed by atoms with E-state index >= 15 is 0 Å². The average Bonchev–Trinajstić information content (AvgIpc) is 2.90. The Morgan fingerprint density at radius 1 is 1.05 bits per heavy atom. The Kier molecular flexibility index (Phi) is 10.7. The van der Waals surface area contributed by atoms with Crippen LogP contribution in [0.25, 0.3) is 11.1 Å².